The van der Waals surface area contributed by atoms with E-state index in [9.17, 15) is 19.7 Å². The summed E-state index contributed by atoms with van der Waals surface area (Å²) in [6.07, 6.45) is 0. The first-order valence-corrected chi connectivity index (χ1v) is 8.36. The summed E-state index contributed by atoms with van der Waals surface area (Å²) in [5, 5.41) is 25.0. The molecule has 0 aliphatic heterocycles. The molecule has 0 aromatic heterocycles. The normalized spacial score (nSPS) is 9.85. The molecule has 8 nitrogen and oxygen atoms in total. The zero-order valence-electron chi connectivity index (χ0n) is 13.7. The Morgan fingerprint density at radius 1 is 1.19 bits per heavy atom. The average molecular weight is 370 g/mol. The van der Waals surface area contributed by atoms with Gasteiger partial charge in [-0.3, -0.25) is 19.7 Å². The zero-order chi connectivity index (χ0) is 19.1. The van der Waals surface area contributed by atoms with Crippen molar-refractivity contribution in [3.8, 4) is 6.07 Å². The topological polar surface area (TPSA) is 125 Å². The third kappa shape index (κ3) is 5.32. The minimum Gasteiger partial charge on any atom is -0.326 e. The molecule has 132 valence electrons. The van der Waals surface area contributed by atoms with Crippen molar-refractivity contribution in [2.75, 3.05) is 16.4 Å². The van der Waals surface area contributed by atoms with E-state index in [4.69, 9.17) is 5.26 Å². The van der Waals surface area contributed by atoms with E-state index < -0.39 is 4.92 Å². The molecule has 0 aliphatic rings. The van der Waals surface area contributed by atoms with Gasteiger partial charge in [-0.1, -0.05) is 0 Å². The zero-order valence-corrected chi connectivity index (χ0v) is 14.5. The third-order valence-electron chi connectivity index (χ3n) is 3.15. The summed E-state index contributed by atoms with van der Waals surface area (Å²) in [6, 6.07) is 12.5. The number of nitro benzene ring substituents is 1. The van der Waals surface area contributed by atoms with Gasteiger partial charge in [0.25, 0.3) is 5.69 Å². The number of hydrogen-bond acceptors (Lipinski definition) is 6. The molecule has 0 spiro atoms. The Hall–Kier alpha value is -3.38. The van der Waals surface area contributed by atoms with Gasteiger partial charge in [0, 0.05) is 29.6 Å². The molecule has 0 heterocycles. The fourth-order valence-corrected chi connectivity index (χ4v) is 2.72. The second kappa shape index (κ2) is 8.64. The summed E-state index contributed by atoms with van der Waals surface area (Å²) in [5.41, 5.74) is 0.700. The molecule has 0 unspecified atom stereocenters. The minimum atomic E-state index is -0.604. The molecule has 2 aromatic rings. The summed E-state index contributed by atoms with van der Waals surface area (Å²) in [7, 11) is 0. The number of nitriles is 1. The van der Waals surface area contributed by atoms with E-state index >= 15 is 0 Å². The molecular formula is C17H14N4O4S. The molecule has 0 fully saturated rings. The fraction of sp³-hybridized carbons (Fsp3) is 0.118. The lowest BCUT2D eigenvalue weighted by molar-refractivity contribution is -0.384. The number of rotatable bonds is 6. The minimum absolute atomic E-state index is 0.0252. The number of carbonyl (C=O) groups is 2. The number of amides is 2. The van der Waals surface area contributed by atoms with Crippen molar-refractivity contribution in [2.45, 2.75) is 11.8 Å². The van der Waals surface area contributed by atoms with Crippen molar-refractivity contribution in [2.24, 2.45) is 0 Å². The van der Waals surface area contributed by atoms with E-state index in [0.717, 1.165) is 11.0 Å². The van der Waals surface area contributed by atoms with Gasteiger partial charge in [-0.15, -0.1) is 11.8 Å². The molecule has 26 heavy (non-hydrogen) atoms. The van der Waals surface area contributed by atoms with Crippen molar-refractivity contribution in [1.29, 1.82) is 5.26 Å². The Morgan fingerprint density at radius 2 is 1.88 bits per heavy atom. The predicted octanol–water partition coefficient (Wildman–Crippen LogP) is 3.16. The Bertz CT molecular complexity index is 891. The van der Waals surface area contributed by atoms with Gasteiger partial charge in [-0.2, -0.15) is 5.26 Å². The second-order valence-corrected chi connectivity index (χ2v) is 6.19. The number of carbonyl (C=O) groups excluding carboxylic acids is 2. The van der Waals surface area contributed by atoms with Crippen LogP contribution in [0.25, 0.3) is 0 Å². The fourth-order valence-electron chi connectivity index (χ4n) is 2.02. The highest BCUT2D eigenvalue weighted by Gasteiger charge is 2.13. The number of nitrogens with zero attached hydrogens (tertiary/aromatic N) is 2. The van der Waals surface area contributed by atoms with Crippen molar-refractivity contribution in [1.82, 2.24) is 0 Å². The Labute approximate surface area is 153 Å². The van der Waals surface area contributed by atoms with Crippen LogP contribution in [-0.2, 0) is 9.59 Å². The van der Waals surface area contributed by atoms with Gasteiger partial charge < -0.3 is 10.6 Å². The van der Waals surface area contributed by atoms with E-state index in [0.29, 0.717) is 5.69 Å². The number of anilines is 2. The van der Waals surface area contributed by atoms with Gasteiger partial charge in [-0.25, -0.2) is 0 Å². The number of nitro groups is 1. The van der Waals surface area contributed by atoms with Crippen molar-refractivity contribution in [3.05, 3.63) is 58.1 Å². The first-order valence-electron chi connectivity index (χ1n) is 7.38. The SMILES string of the molecule is CC(=O)Nc1ccc(SCC(=O)Nc2ccc([N+](=O)[O-])cc2C#N)cc1. The quantitative estimate of drug-likeness (QED) is 0.457. The Kier molecular flexibility index (Phi) is 6.30. The lowest BCUT2D eigenvalue weighted by Crippen LogP contribution is -2.15. The Morgan fingerprint density at radius 3 is 2.46 bits per heavy atom. The van der Waals surface area contributed by atoms with Crippen LogP contribution in [0, 0.1) is 21.4 Å². The lowest BCUT2D eigenvalue weighted by atomic mass is 10.1. The molecule has 0 radical (unpaired) electrons. The number of benzene rings is 2. The molecule has 2 aromatic carbocycles. The van der Waals surface area contributed by atoms with Crippen LogP contribution in [-0.4, -0.2) is 22.5 Å². The highest BCUT2D eigenvalue weighted by Crippen LogP contribution is 2.23. The highest BCUT2D eigenvalue weighted by molar-refractivity contribution is 8.00. The molecule has 0 saturated carbocycles. The summed E-state index contributed by atoms with van der Waals surface area (Å²) < 4.78 is 0. The van der Waals surface area contributed by atoms with Gasteiger partial charge in [0.1, 0.15) is 6.07 Å². The summed E-state index contributed by atoms with van der Waals surface area (Å²) in [6.45, 7) is 1.42. The van der Waals surface area contributed by atoms with Crippen LogP contribution in [0.5, 0.6) is 0 Å². The van der Waals surface area contributed by atoms with Crippen molar-refractivity contribution >= 4 is 40.6 Å². The van der Waals surface area contributed by atoms with E-state index in [1.807, 2.05) is 6.07 Å². The van der Waals surface area contributed by atoms with Crippen LogP contribution in [0.15, 0.2) is 47.4 Å². The van der Waals surface area contributed by atoms with Crippen LogP contribution in [0.1, 0.15) is 12.5 Å². The molecule has 0 aliphatic carbocycles. The number of thioether (sulfide) groups is 1. The van der Waals surface area contributed by atoms with Crippen molar-refractivity contribution < 1.29 is 14.5 Å². The second-order valence-electron chi connectivity index (χ2n) is 5.14. The smallest absolute Gasteiger partial charge is 0.270 e. The van der Waals surface area contributed by atoms with E-state index in [1.165, 1.54) is 30.8 Å². The van der Waals surface area contributed by atoms with Crippen molar-refractivity contribution in [3.63, 3.8) is 0 Å². The van der Waals surface area contributed by atoms with E-state index in [2.05, 4.69) is 10.6 Å². The van der Waals surface area contributed by atoms with Gasteiger partial charge in [0.05, 0.1) is 21.9 Å². The van der Waals surface area contributed by atoms with E-state index in [1.54, 1.807) is 24.3 Å². The molecule has 2 amide bonds. The Balaban J connectivity index is 1.96. The maximum Gasteiger partial charge on any atom is 0.270 e. The summed E-state index contributed by atoms with van der Waals surface area (Å²) in [4.78, 5) is 34.0. The molecule has 0 bridgehead atoms. The average Bonchev–Trinajstić information content (AvgIpc) is 2.60. The third-order valence-corrected chi connectivity index (χ3v) is 4.17. The van der Waals surface area contributed by atoms with Crippen LogP contribution in [0.2, 0.25) is 0 Å². The largest absolute Gasteiger partial charge is 0.326 e. The number of non-ortho nitro benzene ring substituents is 1. The summed E-state index contributed by atoms with van der Waals surface area (Å²) in [5.74, 6) is -0.408. The molecule has 0 saturated heterocycles. The van der Waals surface area contributed by atoms with E-state index in [-0.39, 0.29) is 34.5 Å². The standard InChI is InChI=1S/C17H14N4O4S/c1-11(22)19-13-2-5-15(6-3-13)26-10-17(23)20-16-7-4-14(21(24)25)8-12(16)9-18/h2-8H,10H2,1H3,(H,19,22)(H,20,23). The van der Waals surface area contributed by atoms with Crippen LogP contribution >= 0.6 is 11.8 Å². The molecule has 2 N–H and O–H groups in total. The van der Waals surface area contributed by atoms with Gasteiger partial charge >= 0.3 is 0 Å². The molecular weight excluding hydrogens is 356 g/mol. The monoisotopic (exact) mass is 370 g/mol. The van der Waals surface area contributed by atoms with Gasteiger partial charge in [0.2, 0.25) is 11.8 Å². The first-order chi connectivity index (χ1) is 12.4. The van der Waals surface area contributed by atoms with Gasteiger partial charge in [-0.05, 0) is 30.3 Å². The number of hydrogen-bond donors (Lipinski definition) is 2. The van der Waals surface area contributed by atoms with Crippen LogP contribution in [0.3, 0.4) is 0 Å². The first kappa shape index (κ1) is 19.0. The maximum absolute atomic E-state index is 12.1. The molecule has 0 atom stereocenters. The van der Waals surface area contributed by atoms with Crippen LogP contribution in [0.4, 0.5) is 17.1 Å². The maximum atomic E-state index is 12.1. The lowest BCUT2D eigenvalue weighted by Gasteiger charge is -2.07. The molecule has 9 heteroatoms. The molecule has 2 rings (SSSR count). The predicted molar refractivity (Wildman–Crippen MR) is 97.9 cm³/mol. The highest BCUT2D eigenvalue weighted by atomic mass is 32.2. The van der Waals surface area contributed by atoms with Crippen LogP contribution < -0.4 is 10.6 Å². The van der Waals surface area contributed by atoms with Gasteiger partial charge in [0.15, 0.2) is 0 Å². The number of nitrogens with one attached hydrogen (secondary N) is 2. The summed E-state index contributed by atoms with van der Waals surface area (Å²) >= 11 is 1.28.